The minimum Gasteiger partial charge on any atom is -0.507 e. The minimum atomic E-state index is -0.374. The van der Waals surface area contributed by atoms with Gasteiger partial charge in [0, 0.05) is 23.8 Å². The third-order valence-electron chi connectivity index (χ3n) is 5.20. The molecule has 1 heterocycles. The van der Waals surface area contributed by atoms with Crippen LogP contribution in [0.3, 0.4) is 0 Å². The lowest BCUT2D eigenvalue weighted by Gasteiger charge is -2.16. The number of phenolic OH excluding ortho intramolecular Hbond substituents is 1. The van der Waals surface area contributed by atoms with Crippen LogP contribution in [0.5, 0.6) is 28.7 Å². The van der Waals surface area contributed by atoms with Crippen LogP contribution >= 0.6 is 0 Å². The second kappa shape index (κ2) is 11.2. The van der Waals surface area contributed by atoms with Crippen molar-refractivity contribution in [2.24, 2.45) is 0 Å². The van der Waals surface area contributed by atoms with E-state index in [4.69, 9.17) is 29.8 Å². The van der Waals surface area contributed by atoms with Crippen LogP contribution in [0.15, 0.2) is 57.3 Å². The number of aromatic hydroxyl groups is 1. The first-order valence-electron chi connectivity index (χ1n) is 10.8. The topological polar surface area (TPSA) is 87.4 Å². The summed E-state index contributed by atoms with van der Waals surface area (Å²) < 4.78 is 28.1. The number of phenols is 1. The molecule has 0 atom stereocenters. The number of hydrogen-bond donors (Lipinski definition) is 1. The van der Waals surface area contributed by atoms with Crippen molar-refractivity contribution in [1.29, 1.82) is 0 Å². The molecule has 0 saturated heterocycles. The van der Waals surface area contributed by atoms with Gasteiger partial charge >= 0.3 is 0 Å². The van der Waals surface area contributed by atoms with E-state index in [9.17, 15) is 9.90 Å². The molecule has 3 aromatic rings. The van der Waals surface area contributed by atoms with E-state index >= 15 is 0 Å². The second-order valence-corrected chi connectivity index (χ2v) is 7.83. The summed E-state index contributed by atoms with van der Waals surface area (Å²) in [6.45, 7) is 3.96. The summed E-state index contributed by atoms with van der Waals surface area (Å²) in [5.41, 5.74) is 1.72. The molecule has 7 heteroatoms. The van der Waals surface area contributed by atoms with Crippen molar-refractivity contribution in [3.05, 3.63) is 63.9 Å². The molecule has 0 fully saturated rings. The first kappa shape index (κ1) is 25.3. The predicted molar refractivity (Wildman–Crippen MR) is 136 cm³/mol. The Morgan fingerprint density at radius 2 is 1.74 bits per heavy atom. The summed E-state index contributed by atoms with van der Waals surface area (Å²) in [5, 5.41) is 10.7. The fraction of sp³-hybridized carbons (Fsp3) is 0.250. The van der Waals surface area contributed by atoms with Gasteiger partial charge in [0.15, 0.2) is 11.5 Å². The van der Waals surface area contributed by atoms with Crippen molar-refractivity contribution in [2.45, 2.75) is 20.3 Å². The second-order valence-electron chi connectivity index (χ2n) is 7.83. The molecule has 0 radical (unpaired) electrons. The van der Waals surface area contributed by atoms with Crippen LogP contribution < -0.4 is 24.4 Å². The molecule has 1 N–H and O–H groups in total. The summed E-state index contributed by atoms with van der Waals surface area (Å²) in [6, 6.07) is 6.21. The number of hydrogen-bond acceptors (Lipinski definition) is 7. The van der Waals surface area contributed by atoms with Crippen molar-refractivity contribution in [2.75, 3.05) is 27.9 Å². The highest BCUT2D eigenvalue weighted by atomic mass is 16.5. The van der Waals surface area contributed by atoms with E-state index in [1.165, 1.54) is 33.5 Å². The number of benzene rings is 2. The Labute approximate surface area is 204 Å². The molecule has 3 rings (SSSR count). The van der Waals surface area contributed by atoms with Gasteiger partial charge in [-0.25, -0.2) is 0 Å². The predicted octanol–water partition coefficient (Wildman–Crippen LogP) is 5.27. The molecule has 0 bridgehead atoms. The van der Waals surface area contributed by atoms with Crippen molar-refractivity contribution >= 4 is 11.0 Å². The van der Waals surface area contributed by atoms with E-state index in [2.05, 4.69) is 5.92 Å². The number of ether oxygens (including phenoxy) is 4. The van der Waals surface area contributed by atoms with Crippen molar-refractivity contribution in [1.82, 2.24) is 0 Å². The summed E-state index contributed by atoms with van der Waals surface area (Å²) in [6.07, 6.45) is 11.2. The minimum absolute atomic E-state index is 0.00121. The zero-order chi connectivity index (χ0) is 25.5. The van der Waals surface area contributed by atoms with Gasteiger partial charge in [-0.05, 0) is 26.3 Å². The highest BCUT2D eigenvalue weighted by Crippen LogP contribution is 2.42. The van der Waals surface area contributed by atoms with Gasteiger partial charge in [-0.2, -0.15) is 0 Å². The molecule has 35 heavy (non-hydrogen) atoms. The van der Waals surface area contributed by atoms with Crippen LogP contribution in [0.25, 0.3) is 22.3 Å². The molecule has 1 aromatic heterocycles. The Morgan fingerprint density at radius 1 is 1.06 bits per heavy atom. The molecule has 0 amide bonds. The Morgan fingerprint density at radius 3 is 2.37 bits per heavy atom. The van der Waals surface area contributed by atoms with E-state index in [1.807, 2.05) is 32.1 Å². The van der Waals surface area contributed by atoms with Crippen LogP contribution in [0.4, 0.5) is 0 Å². The summed E-state index contributed by atoms with van der Waals surface area (Å²) in [4.78, 5) is 13.6. The fourth-order valence-corrected chi connectivity index (χ4v) is 3.57. The maximum atomic E-state index is 13.6. The molecule has 0 spiro atoms. The van der Waals surface area contributed by atoms with Crippen molar-refractivity contribution < 1.29 is 28.5 Å². The maximum Gasteiger partial charge on any atom is 0.200 e. The van der Waals surface area contributed by atoms with E-state index < -0.39 is 0 Å². The zero-order valence-corrected chi connectivity index (χ0v) is 20.4. The first-order chi connectivity index (χ1) is 16.8. The van der Waals surface area contributed by atoms with Gasteiger partial charge in [0.2, 0.25) is 5.43 Å². The standard InChI is InChI=1S/C28H28O7/c1-7-12-34-18-13-21(29)26-25(14-18)35-28(19(27(26)30)11-9-8-10-17(2)3)20-15-23(32-5)24(33-6)16-22(20)31-4/h1,8-10,13-16,29H,11-12H2,2-6H3/b9-8+. The van der Waals surface area contributed by atoms with E-state index in [-0.39, 0.29) is 46.7 Å². The molecule has 0 aliphatic carbocycles. The van der Waals surface area contributed by atoms with E-state index in [1.54, 1.807) is 12.1 Å². The average Bonchev–Trinajstić information content (AvgIpc) is 2.84. The van der Waals surface area contributed by atoms with E-state index in [0.29, 0.717) is 28.4 Å². The highest BCUT2D eigenvalue weighted by Gasteiger charge is 2.23. The molecule has 2 aromatic carbocycles. The fourth-order valence-electron chi connectivity index (χ4n) is 3.57. The Kier molecular flexibility index (Phi) is 8.11. The average molecular weight is 477 g/mol. The lowest BCUT2D eigenvalue weighted by atomic mass is 10.00. The lowest BCUT2D eigenvalue weighted by Crippen LogP contribution is -2.11. The Hall–Kier alpha value is -4.31. The normalized spacial score (nSPS) is 10.7. The molecule has 0 aliphatic rings. The number of terminal acetylenes is 1. The first-order valence-corrected chi connectivity index (χ1v) is 10.8. The number of rotatable bonds is 9. The number of allylic oxidation sites excluding steroid dienone is 4. The zero-order valence-electron chi connectivity index (χ0n) is 20.4. The monoisotopic (exact) mass is 476 g/mol. The summed E-state index contributed by atoms with van der Waals surface area (Å²) in [5.74, 6) is 3.97. The van der Waals surface area contributed by atoms with Crippen LogP contribution in [0, 0.1) is 12.3 Å². The van der Waals surface area contributed by atoms with E-state index in [0.717, 1.165) is 5.57 Å². The van der Waals surface area contributed by atoms with Gasteiger partial charge in [-0.1, -0.05) is 29.7 Å². The van der Waals surface area contributed by atoms with Gasteiger partial charge in [-0.3, -0.25) is 4.79 Å². The Balaban J connectivity index is 2.35. The van der Waals surface area contributed by atoms with Crippen LogP contribution in [-0.2, 0) is 6.42 Å². The third-order valence-corrected chi connectivity index (χ3v) is 5.20. The summed E-state index contributed by atoms with van der Waals surface area (Å²) >= 11 is 0. The lowest BCUT2D eigenvalue weighted by molar-refractivity contribution is 0.349. The van der Waals surface area contributed by atoms with Gasteiger partial charge in [0.05, 0.1) is 26.9 Å². The van der Waals surface area contributed by atoms with Crippen LogP contribution in [0.2, 0.25) is 0 Å². The smallest absolute Gasteiger partial charge is 0.200 e. The summed E-state index contributed by atoms with van der Waals surface area (Å²) in [7, 11) is 4.55. The van der Waals surface area contributed by atoms with Crippen LogP contribution in [0.1, 0.15) is 19.4 Å². The maximum absolute atomic E-state index is 13.6. The molecule has 0 unspecified atom stereocenters. The number of methoxy groups -OCH3 is 3. The Bertz CT molecular complexity index is 1380. The van der Waals surface area contributed by atoms with Gasteiger partial charge in [0.25, 0.3) is 0 Å². The quantitative estimate of drug-likeness (QED) is 0.333. The molecule has 0 aliphatic heterocycles. The SMILES string of the molecule is C#CCOc1cc(O)c2c(=O)c(C/C=C/C=C(C)C)c(-c3cc(OC)c(OC)cc3OC)oc2c1. The molecule has 7 nitrogen and oxygen atoms in total. The third kappa shape index (κ3) is 5.44. The number of fused-ring (bicyclic) bond motifs is 1. The largest absolute Gasteiger partial charge is 0.507 e. The van der Waals surface area contributed by atoms with Crippen LogP contribution in [-0.4, -0.2) is 33.0 Å². The molecule has 182 valence electrons. The molecular formula is C28H28O7. The van der Waals surface area contributed by atoms with Gasteiger partial charge in [-0.15, -0.1) is 6.42 Å². The van der Waals surface area contributed by atoms with Crippen molar-refractivity contribution in [3.63, 3.8) is 0 Å². The highest BCUT2D eigenvalue weighted by molar-refractivity contribution is 5.88. The van der Waals surface area contributed by atoms with Gasteiger partial charge < -0.3 is 28.5 Å². The molecule has 0 saturated carbocycles. The molecular weight excluding hydrogens is 448 g/mol. The van der Waals surface area contributed by atoms with Gasteiger partial charge in [0.1, 0.15) is 40.6 Å². The van der Waals surface area contributed by atoms with Crippen molar-refractivity contribution in [3.8, 4) is 52.4 Å².